The van der Waals surface area contributed by atoms with Crippen molar-refractivity contribution in [3.8, 4) is 0 Å². The molecule has 0 bridgehead atoms. The minimum absolute atomic E-state index is 0.0788. The van der Waals surface area contributed by atoms with Crippen molar-refractivity contribution in [3.05, 3.63) is 72.9 Å². The van der Waals surface area contributed by atoms with E-state index in [0.717, 1.165) is 57.8 Å². The lowest BCUT2D eigenvalue weighted by molar-refractivity contribution is -0.123. The zero-order chi connectivity index (χ0) is 43.5. The molecule has 3 N–H and O–H groups in total. The van der Waals surface area contributed by atoms with Gasteiger partial charge in [-0.25, -0.2) is 0 Å². The molecular weight excluding hydrogens is 735 g/mol. The van der Waals surface area contributed by atoms with Crippen molar-refractivity contribution in [2.75, 3.05) is 6.61 Å². The Morgan fingerprint density at radius 1 is 0.400 bits per heavy atom. The normalized spacial score (nSPS) is 13.5. The Balaban J connectivity index is 3.43. The van der Waals surface area contributed by atoms with E-state index in [1.54, 1.807) is 6.08 Å². The summed E-state index contributed by atoms with van der Waals surface area (Å²) in [7, 11) is 0. The minimum atomic E-state index is -0.869. The van der Waals surface area contributed by atoms with Crippen molar-refractivity contribution < 1.29 is 15.0 Å². The molecule has 0 radical (unpaired) electrons. The van der Waals surface area contributed by atoms with Gasteiger partial charge in [0, 0.05) is 6.42 Å². The molecule has 0 aromatic carbocycles. The highest BCUT2D eigenvalue weighted by molar-refractivity contribution is 5.76. The van der Waals surface area contributed by atoms with Crippen molar-refractivity contribution in [1.29, 1.82) is 0 Å². The molecule has 2 atom stereocenters. The summed E-state index contributed by atoms with van der Waals surface area (Å²) in [5.41, 5.74) is 0. The lowest BCUT2D eigenvalue weighted by atomic mass is 10.0. The molecule has 0 aromatic heterocycles. The third-order valence-corrected chi connectivity index (χ3v) is 11.6. The number of unbranched alkanes of at least 4 members (excludes halogenated alkanes) is 30. The van der Waals surface area contributed by atoms with Crippen LogP contribution in [0.25, 0.3) is 0 Å². The molecule has 0 spiro atoms. The van der Waals surface area contributed by atoms with Crippen molar-refractivity contribution in [2.45, 2.75) is 270 Å². The first-order valence-electron chi connectivity index (χ1n) is 26.2. The van der Waals surface area contributed by atoms with Crippen molar-refractivity contribution in [3.63, 3.8) is 0 Å². The van der Waals surface area contributed by atoms with Gasteiger partial charge < -0.3 is 15.5 Å². The summed E-state index contributed by atoms with van der Waals surface area (Å²) in [5.74, 6) is -0.0788. The van der Waals surface area contributed by atoms with Gasteiger partial charge in [0.25, 0.3) is 0 Å². The Morgan fingerprint density at radius 3 is 1.13 bits per heavy atom. The molecule has 0 heterocycles. The first kappa shape index (κ1) is 57.8. The highest BCUT2D eigenvalue weighted by Gasteiger charge is 2.17. The number of carbonyl (C=O) groups excluding carboxylic acids is 1. The number of carbonyl (C=O) groups is 1. The number of aliphatic hydroxyl groups excluding tert-OH is 2. The quantitative estimate of drug-likeness (QED) is 0.0422. The number of hydrogen-bond donors (Lipinski definition) is 3. The van der Waals surface area contributed by atoms with Crippen molar-refractivity contribution in [1.82, 2.24) is 5.32 Å². The van der Waals surface area contributed by atoms with E-state index in [1.165, 1.54) is 180 Å². The van der Waals surface area contributed by atoms with Crippen molar-refractivity contribution in [2.24, 2.45) is 0 Å². The standard InChI is InChI=1S/C56H101NO3/c1-3-5-7-9-11-13-15-16-17-18-19-20-21-22-23-24-25-26-27-28-29-30-31-32-33-34-35-36-37-38-39-40-42-44-46-48-50-52-56(60)57-54(53-58)55(59)51-49-47-45-43-41-14-12-10-8-6-4-2/h8,10,15-16,18-19,21-22,41,43,49,51,54-55,58-59H,3-7,9,11-14,17,20,23-40,42,44-48,50,52-53H2,1-2H3,(H,57,60)/b10-8+,16-15-,19-18-,22-21-,43-41+,51-49+. The van der Waals surface area contributed by atoms with E-state index < -0.39 is 12.1 Å². The topological polar surface area (TPSA) is 69.6 Å². The van der Waals surface area contributed by atoms with Gasteiger partial charge in [-0.1, -0.05) is 247 Å². The number of amides is 1. The van der Waals surface area contributed by atoms with Crippen LogP contribution in [0.3, 0.4) is 0 Å². The third kappa shape index (κ3) is 46.9. The third-order valence-electron chi connectivity index (χ3n) is 11.6. The van der Waals surface area contributed by atoms with Crippen LogP contribution in [0.2, 0.25) is 0 Å². The van der Waals surface area contributed by atoms with Gasteiger partial charge in [-0.2, -0.15) is 0 Å². The van der Waals surface area contributed by atoms with Gasteiger partial charge >= 0.3 is 0 Å². The van der Waals surface area contributed by atoms with Gasteiger partial charge in [-0.3, -0.25) is 4.79 Å². The summed E-state index contributed by atoms with van der Waals surface area (Å²) in [4.78, 5) is 12.4. The Labute approximate surface area is 374 Å². The van der Waals surface area contributed by atoms with Crippen molar-refractivity contribution >= 4 is 5.91 Å². The van der Waals surface area contributed by atoms with Gasteiger partial charge in [0.1, 0.15) is 0 Å². The first-order valence-corrected chi connectivity index (χ1v) is 26.2. The summed E-state index contributed by atoms with van der Waals surface area (Å²) in [6.07, 6.45) is 73.5. The SMILES string of the molecule is CCC/C=C/CC/C=C/CC/C=C/C(O)C(CO)NC(=O)CCCCCCCCCCCCCCCCCCCCCCCC/C=C\C/C=C\C/C=C\CCCCCCC. The average molecular weight is 836 g/mol. The van der Waals surface area contributed by atoms with Crippen LogP contribution in [0.1, 0.15) is 258 Å². The van der Waals surface area contributed by atoms with Gasteiger partial charge in [-0.05, 0) is 77.0 Å². The fourth-order valence-electron chi connectivity index (χ4n) is 7.64. The molecule has 0 fully saturated rings. The first-order chi connectivity index (χ1) is 29.7. The Kier molecular flexibility index (Phi) is 49.3. The Morgan fingerprint density at radius 2 is 0.733 bits per heavy atom. The van der Waals surface area contributed by atoms with Gasteiger partial charge in [0.2, 0.25) is 5.91 Å². The van der Waals surface area contributed by atoms with E-state index in [4.69, 9.17) is 0 Å². The maximum absolute atomic E-state index is 12.4. The van der Waals surface area contributed by atoms with Gasteiger partial charge in [0.05, 0.1) is 18.8 Å². The van der Waals surface area contributed by atoms with Crippen LogP contribution in [-0.4, -0.2) is 34.9 Å². The molecule has 60 heavy (non-hydrogen) atoms. The van der Waals surface area contributed by atoms with E-state index in [1.807, 2.05) is 6.08 Å². The summed E-state index contributed by atoms with van der Waals surface area (Å²) in [6.45, 7) is 4.21. The maximum atomic E-state index is 12.4. The lowest BCUT2D eigenvalue weighted by Gasteiger charge is -2.19. The fourth-order valence-corrected chi connectivity index (χ4v) is 7.64. The fraction of sp³-hybridized carbons (Fsp3) is 0.768. The number of nitrogens with one attached hydrogen (secondary N) is 1. The second-order valence-electron chi connectivity index (χ2n) is 17.6. The summed E-state index contributed by atoms with van der Waals surface area (Å²) in [5, 5.41) is 22.9. The predicted octanol–water partition coefficient (Wildman–Crippen LogP) is 17.0. The molecule has 2 unspecified atom stereocenters. The molecule has 348 valence electrons. The second kappa shape index (κ2) is 51.2. The molecule has 0 aliphatic rings. The van der Waals surface area contributed by atoms with E-state index in [9.17, 15) is 15.0 Å². The average Bonchev–Trinajstić information content (AvgIpc) is 3.25. The van der Waals surface area contributed by atoms with E-state index in [2.05, 4.69) is 79.9 Å². The smallest absolute Gasteiger partial charge is 0.220 e. The second-order valence-corrected chi connectivity index (χ2v) is 17.6. The zero-order valence-corrected chi connectivity index (χ0v) is 40.0. The number of hydrogen-bond acceptors (Lipinski definition) is 3. The zero-order valence-electron chi connectivity index (χ0n) is 40.0. The van der Waals surface area contributed by atoms with Crippen LogP contribution in [0.4, 0.5) is 0 Å². The van der Waals surface area contributed by atoms with Crippen LogP contribution in [0.5, 0.6) is 0 Å². The van der Waals surface area contributed by atoms with E-state index in [0.29, 0.717) is 6.42 Å². The summed E-state index contributed by atoms with van der Waals surface area (Å²) < 4.78 is 0. The molecule has 0 rings (SSSR count). The highest BCUT2D eigenvalue weighted by Crippen LogP contribution is 2.16. The Hall–Kier alpha value is -2.17. The number of aliphatic hydroxyl groups is 2. The van der Waals surface area contributed by atoms with Crippen LogP contribution >= 0.6 is 0 Å². The van der Waals surface area contributed by atoms with Crippen LogP contribution < -0.4 is 5.32 Å². The van der Waals surface area contributed by atoms with Crippen LogP contribution in [-0.2, 0) is 4.79 Å². The van der Waals surface area contributed by atoms with Crippen LogP contribution in [0, 0.1) is 0 Å². The summed E-state index contributed by atoms with van der Waals surface area (Å²) in [6, 6.07) is -0.645. The number of allylic oxidation sites excluding steroid dienone is 11. The summed E-state index contributed by atoms with van der Waals surface area (Å²) >= 11 is 0. The molecule has 0 aliphatic heterocycles. The largest absolute Gasteiger partial charge is 0.394 e. The minimum Gasteiger partial charge on any atom is -0.394 e. The molecule has 0 saturated heterocycles. The molecule has 1 amide bonds. The number of rotatable bonds is 47. The maximum Gasteiger partial charge on any atom is 0.220 e. The van der Waals surface area contributed by atoms with E-state index >= 15 is 0 Å². The van der Waals surface area contributed by atoms with Crippen LogP contribution in [0.15, 0.2) is 72.9 Å². The van der Waals surface area contributed by atoms with E-state index in [-0.39, 0.29) is 12.5 Å². The van der Waals surface area contributed by atoms with Gasteiger partial charge in [-0.15, -0.1) is 0 Å². The molecular formula is C56H101NO3. The predicted molar refractivity (Wildman–Crippen MR) is 267 cm³/mol. The Bertz CT molecular complexity index is 1040. The monoisotopic (exact) mass is 836 g/mol. The molecule has 4 heteroatoms. The van der Waals surface area contributed by atoms with Gasteiger partial charge in [0.15, 0.2) is 0 Å². The molecule has 0 aromatic rings. The molecule has 4 nitrogen and oxygen atoms in total. The molecule has 0 aliphatic carbocycles. The molecule has 0 saturated carbocycles. The highest BCUT2D eigenvalue weighted by atomic mass is 16.3. The lowest BCUT2D eigenvalue weighted by Crippen LogP contribution is -2.45.